The molecule has 0 bridgehead atoms. The zero-order valence-corrected chi connectivity index (χ0v) is 13.1. The molecule has 0 atom stereocenters. The minimum atomic E-state index is 0.421. The van der Waals surface area contributed by atoms with Crippen molar-refractivity contribution >= 4 is 38.6 Å². The third-order valence-electron chi connectivity index (χ3n) is 2.42. The summed E-state index contributed by atoms with van der Waals surface area (Å²) in [5.41, 5.74) is 6.46. The standard InChI is InChI=1S/C11H9BrN4OS2/c1-5-9(19-8(3-13)14-5)11-15-10(16-17-11)7-2-6(12)4-18-7/h2,4H,3,13H2,1H3. The van der Waals surface area contributed by atoms with Crippen LogP contribution in [0.15, 0.2) is 20.4 Å². The molecule has 0 fully saturated rings. The van der Waals surface area contributed by atoms with Gasteiger partial charge >= 0.3 is 0 Å². The molecule has 0 radical (unpaired) electrons. The predicted octanol–water partition coefficient (Wildman–Crippen LogP) is 3.45. The Morgan fingerprint density at radius 2 is 2.26 bits per heavy atom. The molecule has 0 spiro atoms. The maximum atomic E-state index is 5.59. The van der Waals surface area contributed by atoms with Crippen LogP contribution in [0.5, 0.6) is 0 Å². The van der Waals surface area contributed by atoms with Crippen molar-refractivity contribution in [1.29, 1.82) is 0 Å². The zero-order valence-electron chi connectivity index (χ0n) is 9.88. The van der Waals surface area contributed by atoms with Crippen LogP contribution in [0.2, 0.25) is 0 Å². The molecule has 0 saturated heterocycles. The van der Waals surface area contributed by atoms with E-state index in [0.29, 0.717) is 18.3 Å². The lowest BCUT2D eigenvalue weighted by atomic mass is 10.4. The normalized spacial score (nSPS) is 11.1. The van der Waals surface area contributed by atoms with Gasteiger partial charge in [0.25, 0.3) is 5.89 Å². The van der Waals surface area contributed by atoms with E-state index in [4.69, 9.17) is 10.3 Å². The fourth-order valence-corrected chi connectivity index (χ4v) is 3.80. The summed E-state index contributed by atoms with van der Waals surface area (Å²) < 4.78 is 6.33. The molecule has 0 unspecified atom stereocenters. The lowest BCUT2D eigenvalue weighted by molar-refractivity contribution is 0.433. The molecule has 3 rings (SSSR count). The molecule has 3 aromatic rings. The van der Waals surface area contributed by atoms with Crippen molar-refractivity contribution in [2.75, 3.05) is 0 Å². The summed E-state index contributed by atoms with van der Waals surface area (Å²) in [6.45, 7) is 2.33. The molecule has 0 aromatic carbocycles. The van der Waals surface area contributed by atoms with Gasteiger partial charge in [-0.1, -0.05) is 5.16 Å². The Balaban J connectivity index is 1.98. The van der Waals surface area contributed by atoms with Gasteiger partial charge in [0.2, 0.25) is 5.82 Å². The first kappa shape index (κ1) is 12.9. The van der Waals surface area contributed by atoms with Gasteiger partial charge < -0.3 is 10.3 Å². The van der Waals surface area contributed by atoms with Gasteiger partial charge in [0.1, 0.15) is 9.88 Å². The van der Waals surface area contributed by atoms with Gasteiger partial charge in [-0.05, 0) is 28.9 Å². The first-order chi connectivity index (χ1) is 9.17. The molecule has 19 heavy (non-hydrogen) atoms. The molecule has 0 aliphatic heterocycles. The molecular formula is C11H9BrN4OS2. The molecule has 8 heteroatoms. The van der Waals surface area contributed by atoms with E-state index >= 15 is 0 Å². The van der Waals surface area contributed by atoms with Crippen LogP contribution in [-0.2, 0) is 6.54 Å². The molecule has 3 aromatic heterocycles. The molecular weight excluding hydrogens is 348 g/mol. The summed E-state index contributed by atoms with van der Waals surface area (Å²) in [6.07, 6.45) is 0. The second-order valence-corrected chi connectivity index (χ2v) is 6.69. The van der Waals surface area contributed by atoms with Crippen LogP contribution in [0.3, 0.4) is 0 Å². The van der Waals surface area contributed by atoms with Gasteiger partial charge in [0.05, 0.1) is 10.6 Å². The van der Waals surface area contributed by atoms with Gasteiger partial charge in [-0.2, -0.15) is 4.98 Å². The molecule has 3 heterocycles. The quantitative estimate of drug-likeness (QED) is 0.777. The van der Waals surface area contributed by atoms with Gasteiger partial charge in [-0.15, -0.1) is 22.7 Å². The number of hydrogen-bond acceptors (Lipinski definition) is 7. The first-order valence-corrected chi connectivity index (χ1v) is 7.91. The Morgan fingerprint density at radius 1 is 1.42 bits per heavy atom. The van der Waals surface area contributed by atoms with E-state index in [1.165, 1.54) is 11.3 Å². The molecule has 0 aliphatic carbocycles. The Morgan fingerprint density at radius 3 is 2.89 bits per heavy atom. The van der Waals surface area contributed by atoms with E-state index in [1.54, 1.807) is 11.3 Å². The number of thiazole rings is 1. The number of halogens is 1. The predicted molar refractivity (Wildman–Crippen MR) is 79.0 cm³/mol. The second-order valence-electron chi connectivity index (χ2n) is 3.78. The summed E-state index contributed by atoms with van der Waals surface area (Å²) in [6, 6.07) is 1.96. The van der Waals surface area contributed by atoms with Gasteiger partial charge in [0, 0.05) is 16.4 Å². The average molecular weight is 357 g/mol. The monoisotopic (exact) mass is 356 g/mol. The molecule has 98 valence electrons. The van der Waals surface area contributed by atoms with Gasteiger partial charge in [-0.3, -0.25) is 0 Å². The number of nitrogens with zero attached hydrogens (tertiary/aromatic N) is 3. The number of aryl methyl sites for hydroxylation is 1. The Hall–Kier alpha value is -1.09. The highest BCUT2D eigenvalue weighted by atomic mass is 79.9. The Kier molecular flexibility index (Phi) is 3.48. The summed E-state index contributed by atoms with van der Waals surface area (Å²) in [7, 11) is 0. The third-order valence-corrected chi connectivity index (χ3v) is 5.28. The van der Waals surface area contributed by atoms with Crippen molar-refractivity contribution in [2.24, 2.45) is 5.73 Å². The zero-order chi connectivity index (χ0) is 13.4. The second kappa shape index (κ2) is 5.12. The van der Waals surface area contributed by atoms with E-state index in [-0.39, 0.29) is 0 Å². The molecule has 0 aliphatic rings. The van der Waals surface area contributed by atoms with E-state index in [1.807, 2.05) is 18.4 Å². The third kappa shape index (κ3) is 2.48. The fraction of sp³-hybridized carbons (Fsp3) is 0.182. The minimum Gasteiger partial charge on any atom is -0.333 e. The van der Waals surface area contributed by atoms with Gasteiger partial charge in [-0.25, -0.2) is 4.98 Å². The van der Waals surface area contributed by atoms with Crippen molar-refractivity contribution in [2.45, 2.75) is 13.5 Å². The Labute approximate surface area is 125 Å². The van der Waals surface area contributed by atoms with Crippen molar-refractivity contribution in [3.63, 3.8) is 0 Å². The van der Waals surface area contributed by atoms with Gasteiger partial charge in [0.15, 0.2) is 0 Å². The smallest absolute Gasteiger partial charge is 0.270 e. The first-order valence-electron chi connectivity index (χ1n) is 5.42. The summed E-state index contributed by atoms with van der Waals surface area (Å²) >= 11 is 6.46. The SMILES string of the molecule is Cc1nc(CN)sc1-c1nc(-c2cc(Br)cs2)no1. The number of hydrogen-bond donors (Lipinski definition) is 1. The van der Waals surface area contributed by atoms with Crippen molar-refractivity contribution in [3.8, 4) is 21.5 Å². The van der Waals surface area contributed by atoms with Crippen LogP contribution >= 0.6 is 38.6 Å². The highest BCUT2D eigenvalue weighted by Gasteiger charge is 2.17. The number of nitrogens with two attached hydrogens (primary N) is 1. The van der Waals surface area contributed by atoms with Crippen molar-refractivity contribution in [1.82, 2.24) is 15.1 Å². The van der Waals surface area contributed by atoms with Crippen LogP contribution in [0.25, 0.3) is 21.5 Å². The molecule has 5 nitrogen and oxygen atoms in total. The average Bonchev–Trinajstić information content (AvgIpc) is 3.07. The van der Waals surface area contributed by atoms with Crippen molar-refractivity contribution < 1.29 is 4.52 Å². The molecule has 2 N–H and O–H groups in total. The van der Waals surface area contributed by atoms with E-state index < -0.39 is 0 Å². The van der Waals surface area contributed by atoms with E-state index in [2.05, 4.69) is 31.1 Å². The maximum Gasteiger partial charge on any atom is 0.270 e. The van der Waals surface area contributed by atoms with Crippen LogP contribution in [0, 0.1) is 6.92 Å². The molecule has 0 amide bonds. The topological polar surface area (TPSA) is 77.8 Å². The molecule has 0 saturated carbocycles. The lowest BCUT2D eigenvalue weighted by Crippen LogP contribution is -1.94. The highest BCUT2D eigenvalue weighted by Crippen LogP contribution is 2.32. The number of rotatable bonds is 3. The number of thiophene rings is 1. The Bertz CT molecular complexity index is 718. The van der Waals surface area contributed by atoms with Crippen LogP contribution in [0.4, 0.5) is 0 Å². The summed E-state index contributed by atoms with van der Waals surface area (Å²) in [5.74, 6) is 1.09. The summed E-state index contributed by atoms with van der Waals surface area (Å²) in [4.78, 5) is 10.6. The largest absolute Gasteiger partial charge is 0.333 e. The number of aromatic nitrogens is 3. The fourth-order valence-electron chi connectivity index (χ4n) is 1.58. The minimum absolute atomic E-state index is 0.421. The van der Waals surface area contributed by atoms with Crippen LogP contribution < -0.4 is 5.73 Å². The highest BCUT2D eigenvalue weighted by molar-refractivity contribution is 9.10. The van der Waals surface area contributed by atoms with E-state index in [9.17, 15) is 0 Å². The van der Waals surface area contributed by atoms with E-state index in [0.717, 1.165) is 24.9 Å². The maximum absolute atomic E-state index is 5.59. The van der Waals surface area contributed by atoms with Crippen LogP contribution in [-0.4, -0.2) is 15.1 Å². The van der Waals surface area contributed by atoms with Crippen molar-refractivity contribution in [3.05, 3.63) is 26.6 Å². The summed E-state index contributed by atoms with van der Waals surface area (Å²) in [5, 5.41) is 6.85. The lowest BCUT2D eigenvalue weighted by Gasteiger charge is -1.87. The van der Waals surface area contributed by atoms with Crippen LogP contribution in [0.1, 0.15) is 10.7 Å².